The lowest BCUT2D eigenvalue weighted by Crippen LogP contribution is -2.44. The first-order valence-electron chi connectivity index (χ1n) is 5.97. The first-order valence-corrected chi connectivity index (χ1v) is 5.97. The molecule has 2 unspecified atom stereocenters. The van der Waals surface area contributed by atoms with E-state index < -0.39 is 0 Å². The van der Waals surface area contributed by atoms with Gasteiger partial charge in [0.15, 0.2) is 0 Å². The van der Waals surface area contributed by atoms with Crippen LogP contribution in [0.5, 0.6) is 0 Å². The Kier molecular flexibility index (Phi) is 2.61. The minimum atomic E-state index is 0.395. The van der Waals surface area contributed by atoms with E-state index in [0.717, 1.165) is 19.6 Å². The van der Waals surface area contributed by atoms with Crippen LogP contribution in [-0.4, -0.2) is 19.3 Å². The van der Waals surface area contributed by atoms with E-state index in [9.17, 15) is 0 Å². The van der Waals surface area contributed by atoms with Crippen LogP contribution in [-0.2, 0) is 4.74 Å². The lowest BCUT2D eigenvalue weighted by molar-refractivity contribution is 0.169. The van der Waals surface area contributed by atoms with Crippen molar-refractivity contribution in [2.24, 2.45) is 28.5 Å². The first-order chi connectivity index (χ1) is 6.93. The molecule has 3 nitrogen and oxygen atoms in total. The van der Waals surface area contributed by atoms with Gasteiger partial charge in [0.25, 0.3) is 0 Å². The maximum Gasteiger partial charge on any atom is 0.0510 e. The zero-order valence-corrected chi connectivity index (χ0v) is 10.3. The average Bonchev–Trinajstić information content (AvgIpc) is 2.63. The molecule has 2 aliphatic rings. The summed E-state index contributed by atoms with van der Waals surface area (Å²) in [6.07, 6.45) is 1.15. The van der Waals surface area contributed by atoms with Gasteiger partial charge in [-0.3, -0.25) is 11.3 Å². The molecule has 88 valence electrons. The zero-order chi connectivity index (χ0) is 11.3. The molecule has 1 heterocycles. The van der Waals surface area contributed by atoms with E-state index in [-0.39, 0.29) is 0 Å². The van der Waals surface area contributed by atoms with E-state index in [1.54, 1.807) is 0 Å². The topological polar surface area (TPSA) is 47.3 Å². The SMILES string of the molecule is CC1(C)C(C(NN)C2CCOC2)C1(C)C. The lowest BCUT2D eigenvalue weighted by atomic mass is 9.91. The second kappa shape index (κ2) is 3.44. The van der Waals surface area contributed by atoms with Crippen molar-refractivity contribution < 1.29 is 4.74 Å². The molecule has 2 atom stereocenters. The normalized spacial score (nSPS) is 35.4. The molecular weight excluding hydrogens is 188 g/mol. The molecule has 1 aliphatic heterocycles. The summed E-state index contributed by atoms with van der Waals surface area (Å²) in [4.78, 5) is 0. The largest absolute Gasteiger partial charge is 0.381 e. The second-order valence-corrected chi connectivity index (χ2v) is 6.24. The molecule has 1 saturated heterocycles. The summed E-state index contributed by atoms with van der Waals surface area (Å²) in [5.74, 6) is 7.00. The van der Waals surface area contributed by atoms with Gasteiger partial charge in [0, 0.05) is 18.6 Å². The molecule has 0 radical (unpaired) electrons. The molecule has 1 saturated carbocycles. The number of nitrogens with one attached hydrogen (secondary N) is 1. The average molecular weight is 212 g/mol. The van der Waals surface area contributed by atoms with Gasteiger partial charge in [-0.15, -0.1) is 0 Å². The van der Waals surface area contributed by atoms with E-state index in [1.807, 2.05) is 0 Å². The third kappa shape index (κ3) is 1.52. The van der Waals surface area contributed by atoms with Crippen LogP contribution in [0.1, 0.15) is 34.1 Å². The maximum absolute atomic E-state index is 5.73. The third-order valence-corrected chi connectivity index (χ3v) is 5.16. The number of hydrogen-bond acceptors (Lipinski definition) is 3. The van der Waals surface area contributed by atoms with Gasteiger partial charge in [0.1, 0.15) is 0 Å². The van der Waals surface area contributed by atoms with E-state index in [2.05, 4.69) is 33.1 Å². The molecule has 0 aromatic heterocycles. The second-order valence-electron chi connectivity index (χ2n) is 6.24. The van der Waals surface area contributed by atoms with Crippen molar-refractivity contribution in [3.8, 4) is 0 Å². The number of hydrazine groups is 1. The summed E-state index contributed by atoms with van der Waals surface area (Å²) in [5.41, 5.74) is 3.83. The summed E-state index contributed by atoms with van der Waals surface area (Å²) in [6, 6.07) is 0.414. The van der Waals surface area contributed by atoms with Crippen LogP contribution in [0.4, 0.5) is 0 Å². The van der Waals surface area contributed by atoms with Gasteiger partial charge in [-0.05, 0) is 23.2 Å². The molecule has 3 heteroatoms. The molecule has 0 amide bonds. The Balaban J connectivity index is 2.09. The molecule has 2 fully saturated rings. The highest BCUT2D eigenvalue weighted by Crippen LogP contribution is 2.70. The molecule has 15 heavy (non-hydrogen) atoms. The smallest absolute Gasteiger partial charge is 0.0510 e. The fourth-order valence-corrected chi connectivity index (χ4v) is 3.49. The fourth-order valence-electron chi connectivity index (χ4n) is 3.49. The highest BCUT2D eigenvalue weighted by atomic mass is 16.5. The monoisotopic (exact) mass is 212 g/mol. The van der Waals surface area contributed by atoms with Gasteiger partial charge in [-0.2, -0.15) is 0 Å². The zero-order valence-electron chi connectivity index (χ0n) is 10.3. The van der Waals surface area contributed by atoms with Crippen molar-refractivity contribution in [2.45, 2.75) is 40.2 Å². The van der Waals surface area contributed by atoms with Crippen molar-refractivity contribution >= 4 is 0 Å². The number of ether oxygens (including phenoxy) is 1. The van der Waals surface area contributed by atoms with Crippen LogP contribution in [0.25, 0.3) is 0 Å². The van der Waals surface area contributed by atoms with E-state index in [1.165, 1.54) is 0 Å². The Morgan fingerprint density at radius 1 is 1.27 bits per heavy atom. The molecule has 0 aromatic rings. The lowest BCUT2D eigenvalue weighted by Gasteiger charge is -2.23. The highest BCUT2D eigenvalue weighted by molar-refractivity contribution is 5.17. The quantitative estimate of drug-likeness (QED) is 0.551. The molecule has 0 aromatic carbocycles. The van der Waals surface area contributed by atoms with E-state index >= 15 is 0 Å². The van der Waals surface area contributed by atoms with Crippen LogP contribution in [0.15, 0.2) is 0 Å². The van der Waals surface area contributed by atoms with Gasteiger partial charge < -0.3 is 4.74 Å². The molecular formula is C12H24N2O. The fraction of sp³-hybridized carbons (Fsp3) is 1.00. The molecule has 3 N–H and O–H groups in total. The number of hydrogen-bond donors (Lipinski definition) is 2. The van der Waals surface area contributed by atoms with Crippen LogP contribution in [0.2, 0.25) is 0 Å². The Morgan fingerprint density at radius 2 is 1.87 bits per heavy atom. The maximum atomic E-state index is 5.73. The van der Waals surface area contributed by atoms with Gasteiger partial charge >= 0.3 is 0 Å². The Hall–Kier alpha value is -0.120. The Morgan fingerprint density at radius 3 is 2.20 bits per heavy atom. The highest BCUT2D eigenvalue weighted by Gasteiger charge is 2.67. The van der Waals surface area contributed by atoms with Crippen molar-refractivity contribution in [3.63, 3.8) is 0 Å². The van der Waals surface area contributed by atoms with Crippen molar-refractivity contribution in [1.82, 2.24) is 5.43 Å². The minimum absolute atomic E-state index is 0.395. The summed E-state index contributed by atoms with van der Waals surface area (Å²) >= 11 is 0. The molecule has 2 rings (SSSR count). The minimum Gasteiger partial charge on any atom is -0.381 e. The number of rotatable bonds is 3. The predicted octanol–water partition coefficient (Wildman–Crippen LogP) is 1.54. The van der Waals surface area contributed by atoms with E-state index in [0.29, 0.717) is 28.7 Å². The van der Waals surface area contributed by atoms with Crippen molar-refractivity contribution in [1.29, 1.82) is 0 Å². The summed E-state index contributed by atoms with van der Waals surface area (Å²) < 4.78 is 5.46. The van der Waals surface area contributed by atoms with Crippen LogP contribution >= 0.6 is 0 Å². The number of nitrogens with two attached hydrogens (primary N) is 1. The van der Waals surface area contributed by atoms with Gasteiger partial charge in [-0.25, -0.2) is 0 Å². The summed E-state index contributed by atoms with van der Waals surface area (Å²) in [6.45, 7) is 11.2. The summed E-state index contributed by atoms with van der Waals surface area (Å²) in [7, 11) is 0. The molecule has 0 spiro atoms. The standard InChI is InChI=1S/C12H24N2O/c1-11(2)10(12(11,3)4)9(14-13)8-5-6-15-7-8/h8-10,14H,5-7,13H2,1-4H3. The van der Waals surface area contributed by atoms with Gasteiger partial charge in [0.05, 0.1) is 6.61 Å². The van der Waals surface area contributed by atoms with Crippen molar-refractivity contribution in [3.05, 3.63) is 0 Å². The summed E-state index contributed by atoms with van der Waals surface area (Å²) in [5, 5.41) is 0. The van der Waals surface area contributed by atoms with E-state index in [4.69, 9.17) is 10.6 Å². The Labute approximate surface area is 92.7 Å². The first kappa shape index (κ1) is 11.4. The molecule has 1 aliphatic carbocycles. The van der Waals surface area contributed by atoms with Gasteiger partial charge in [0.2, 0.25) is 0 Å². The molecule has 0 bridgehead atoms. The predicted molar refractivity (Wildman–Crippen MR) is 61.1 cm³/mol. The third-order valence-electron chi connectivity index (χ3n) is 5.16. The van der Waals surface area contributed by atoms with Gasteiger partial charge in [-0.1, -0.05) is 27.7 Å². The van der Waals surface area contributed by atoms with Crippen LogP contribution in [0.3, 0.4) is 0 Å². The van der Waals surface area contributed by atoms with Crippen LogP contribution < -0.4 is 11.3 Å². The Bertz CT molecular complexity index is 230. The van der Waals surface area contributed by atoms with Crippen LogP contribution in [0, 0.1) is 22.7 Å². The van der Waals surface area contributed by atoms with Crippen molar-refractivity contribution in [2.75, 3.05) is 13.2 Å².